The molecule has 3 rings (SSSR count). The van der Waals surface area contributed by atoms with Gasteiger partial charge in [-0.05, 0) is 68.7 Å². The van der Waals surface area contributed by atoms with Crippen molar-refractivity contribution in [3.8, 4) is 11.5 Å². The van der Waals surface area contributed by atoms with Crippen molar-refractivity contribution in [1.29, 1.82) is 0 Å². The minimum Gasteiger partial charge on any atom is -0.495 e. The van der Waals surface area contributed by atoms with Gasteiger partial charge in [0.15, 0.2) is 6.10 Å². The molecule has 2 aromatic rings. The molecule has 0 bridgehead atoms. The lowest BCUT2D eigenvalue weighted by atomic mass is 10.1. The summed E-state index contributed by atoms with van der Waals surface area (Å²) in [5, 5.41) is 3.50. The zero-order valence-electron chi connectivity index (χ0n) is 16.8. The standard InChI is InChI=1S/C22H25ClN2O4/c1-14-12-17(8-9-18(14)23)29-15(2)22(27)24-16-7-10-20(28-3)19(13-16)25-11-5-4-6-21(25)26/h7-10,12-13,15H,4-6,11H2,1-3H3,(H,24,27). The third kappa shape index (κ3) is 5.01. The molecule has 7 heteroatoms. The lowest BCUT2D eigenvalue weighted by Gasteiger charge is -2.28. The summed E-state index contributed by atoms with van der Waals surface area (Å²) in [7, 11) is 1.57. The summed E-state index contributed by atoms with van der Waals surface area (Å²) in [6, 6.07) is 10.5. The van der Waals surface area contributed by atoms with Gasteiger partial charge in [-0.2, -0.15) is 0 Å². The summed E-state index contributed by atoms with van der Waals surface area (Å²) < 4.78 is 11.1. The number of ether oxygens (including phenoxy) is 2. The molecule has 1 atom stereocenters. The average Bonchev–Trinajstić information content (AvgIpc) is 2.71. The number of nitrogens with zero attached hydrogens (tertiary/aromatic N) is 1. The third-order valence-corrected chi connectivity index (χ3v) is 5.30. The van der Waals surface area contributed by atoms with Crippen LogP contribution in [-0.4, -0.2) is 31.6 Å². The molecule has 2 aromatic carbocycles. The van der Waals surface area contributed by atoms with Crippen LogP contribution >= 0.6 is 11.6 Å². The lowest BCUT2D eigenvalue weighted by molar-refractivity contribution is -0.122. The quantitative estimate of drug-likeness (QED) is 0.748. The summed E-state index contributed by atoms with van der Waals surface area (Å²) >= 11 is 6.03. The van der Waals surface area contributed by atoms with Crippen LogP contribution in [0.4, 0.5) is 11.4 Å². The molecular weight excluding hydrogens is 392 g/mol. The van der Waals surface area contributed by atoms with Crippen LogP contribution in [0.15, 0.2) is 36.4 Å². The Hall–Kier alpha value is -2.73. The highest BCUT2D eigenvalue weighted by molar-refractivity contribution is 6.31. The fourth-order valence-corrected chi connectivity index (χ4v) is 3.35. The summed E-state index contributed by atoms with van der Waals surface area (Å²) in [6.07, 6.45) is 1.65. The topological polar surface area (TPSA) is 67.9 Å². The maximum absolute atomic E-state index is 12.6. The van der Waals surface area contributed by atoms with E-state index in [9.17, 15) is 9.59 Å². The smallest absolute Gasteiger partial charge is 0.265 e. The van der Waals surface area contributed by atoms with Gasteiger partial charge in [0.05, 0.1) is 12.8 Å². The lowest BCUT2D eigenvalue weighted by Crippen LogP contribution is -2.35. The van der Waals surface area contributed by atoms with Crippen molar-refractivity contribution >= 4 is 34.8 Å². The maximum Gasteiger partial charge on any atom is 0.265 e. The first kappa shape index (κ1) is 21.0. The first-order chi connectivity index (χ1) is 13.9. The molecule has 6 nitrogen and oxygen atoms in total. The molecule has 1 heterocycles. The molecule has 0 saturated carbocycles. The SMILES string of the molecule is COc1ccc(NC(=O)C(C)Oc2ccc(Cl)c(C)c2)cc1N1CCCCC1=O. The van der Waals surface area contributed by atoms with Crippen molar-refractivity contribution in [3.63, 3.8) is 0 Å². The Morgan fingerprint density at radius 3 is 2.69 bits per heavy atom. The van der Waals surface area contributed by atoms with Crippen LogP contribution < -0.4 is 19.7 Å². The predicted octanol–water partition coefficient (Wildman–Crippen LogP) is 4.58. The van der Waals surface area contributed by atoms with E-state index in [-0.39, 0.29) is 11.8 Å². The Kier molecular flexibility index (Phi) is 6.64. The van der Waals surface area contributed by atoms with Gasteiger partial charge in [0, 0.05) is 23.7 Å². The third-order valence-electron chi connectivity index (χ3n) is 4.87. The number of carbonyl (C=O) groups is 2. The number of benzene rings is 2. The zero-order chi connectivity index (χ0) is 21.0. The number of hydrogen-bond acceptors (Lipinski definition) is 4. The van der Waals surface area contributed by atoms with Crippen molar-refractivity contribution in [2.75, 3.05) is 23.9 Å². The van der Waals surface area contributed by atoms with Crippen molar-refractivity contribution < 1.29 is 19.1 Å². The number of anilines is 2. The maximum atomic E-state index is 12.6. The van der Waals surface area contributed by atoms with Crippen LogP contribution in [0.2, 0.25) is 5.02 Å². The molecule has 1 aliphatic rings. The Labute approximate surface area is 175 Å². The predicted molar refractivity (Wildman–Crippen MR) is 114 cm³/mol. The fourth-order valence-electron chi connectivity index (χ4n) is 3.23. The molecule has 154 valence electrons. The molecule has 1 N–H and O–H groups in total. The molecular formula is C22H25ClN2O4. The molecule has 0 radical (unpaired) electrons. The molecule has 1 saturated heterocycles. The fraction of sp³-hybridized carbons (Fsp3) is 0.364. The number of halogens is 1. The van der Waals surface area contributed by atoms with Crippen LogP contribution in [0, 0.1) is 6.92 Å². The minimum absolute atomic E-state index is 0.0628. The van der Waals surface area contributed by atoms with E-state index in [0.29, 0.717) is 40.9 Å². The first-order valence-corrected chi connectivity index (χ1v) is 9.99. The van der Waals surface area contributed by atoms with E-state index in [1.807, 2.05) is 6.92 Å². The number of nitrogens with one attached hydrogen (secondary N) is 1. The van der Waals surface area contributed by atoms with Crippen LogP contribution in [0.25, 0.3) is 0 Å². The Morgan fingerprint density at radius 1 is 1.21 bits per heavy atom. The number of carbonyl (C=O) groups excluding carboxylic acids is 2. The Morgan fingerprint density at radius 2 is 2.00 bits per heavy atom. The van der Waals surface area contributed by atoms with Gasteiger partial charge in [0.25, 0.3) is 5.91 Å². The summed E-state index contributed by atoms with van der Waals surface area (Å²) in [5.74, 6) is 0.939. The van der Waals surface area contributed by atoms with E-state index >= 15 is 0 Å². The highest BCUT2D eigenvalue weighted by Crippen LogP contribution is 2.33. The molecule has 2 amide bonds. The Bertz CT molecular complexity index is 916. The van der Waals surface area contributed by atoms with E-state index in [1.54, 1.807) is 55.3 Å². The van der Waals surface area contributed by atoms with Crippen molar-refractivity contribution in [3.05, 3.63) is 47.0 Å². The minimum atomic E-state index is -0.710. The van der Waals surface area contributed by atoms with E-state index in [4.69, 9.17) is 21.1 Å². The van der Waals surface area contributed by atoms with Gasteiger partial charge in [-0.3, -0.25) is 9.59 Å². The van der Waals surface area contributed by atoms with E-state index in [0.717, 1.165) is 18.4 Å². The molecule has 0 spiro atoms. The van der Waals surface area contributed by atoms with E-state index in [1.165, 1.54) is 0 Å². The van der Waals surface area contributed by atoms with Gasteiger partial charge in [-0.15, -0.1) is 0 Å². The molecule has 0 aromatic heterocycles. The monoisotopic (exact) mass is 416 g/mol. The Balaban J connectivity index is 1.73. The van der Waals surface area contributed by atoms with Crippen LogP contribution in [0.5, 0.6) is 11.5 Å². The largest absolute Gasteiger partial charge is 0.495 e. The highest BCUT2D eigenvalue weighted by atomic mass is 35.5. The van der Waals surface area contributed by atoms with E-state index in [2.05, 4.69) is 5.32 Å². The number of rotatable bonds is 6. The molecule has 29 heavy (non-hydrogen) atoms. The second kappa shape index (κ2) is 9.18. The van der Waals surface area contributed by atoms with E-state index < -0.39 is 6.10 Å². The van der Waals surface area contributed by atoms with Crippen LogP contribution in [0.3, 0.4) is 0 Å². The van der Waals surface area contributed by atoms with Crippen LogP contribution in [-0.2, 0) is 9.59 Å². The normalized spacial score (nSPS) is 15.0. The number of hydrogen-bond donors (Lipinski definition) is 1. The first-order valence-electron chi connectivity index (χ1n) is 9.61. The molecule has 0 aliphatic carbocycles. The van der Waals surface area contributed by atoms with Crippen molar-refractivity contribution in [2.24, 2.45) is 0 Å². The van der Waals surface area contributed by atoms with Gasteiger partial charge in [0.2, 0.25) is 5.91 Å². The second-order valence-electron chi connectivity index (χ2n) is 7.05. The number of piperidine rings is 1. The summed E-state index contributed by atoms with van der Waals surface area (Å²) in [4.78, 5) is 26.6. The van der Waals surface area contributed by atoms with Crippen molar-refractivity contribution in [2.45, 2.75) is 39.2 Å². The number of amides is 2. The molecule has 1 unspecified atom stereocenters. The zero-order valence-corrected chi connectivity index (χ0v) is 17.6. The highest BCUT2D eigenvalue weighted by Gasteiger charge is 2.23. The summed E-state index contributed by atoms with van der Waals surface area (Å²) in [6.45, 7) is 4.20. The number of aryl methyl sites for hydroxylation is 1. The van der Waals surface area contributed by atoms with Crippen molar-refractivity contribution in [1.82, 2.24) is 0 Å². The summed E-state index contributed by atoms with van der Waals surface area (Å²) in [5.41, 5.74) is 2.12. The van der Waals surface area contributed by atoms with Gasteiger partial charge in [0.1, 0.15) is 11.5 Å². The number of methoxy groups -OCH3 is 1. The van der Waals surface area contributed by atoms with Gasteiger partial charge < -0.3 is 19.7 Å². The average molecular weight is 417 g/mol. The van der Waals surface area contributed by atoms with Gasteiger partial charge >= 0.3 is 0 Å². The molecule has 1 fully saturated rings. The van der Waals surface area contributed by atoms with Crippen LogP contribution in [0.1, 0.15) is 31.7 Å². The molecule has 1 aliphatic heterocycles. The van der Waals surface area contributed by atoms with Gasteiger partial charge in [-0.1, -0.05) is 11.6 Å². The second-order valence-corrected chi connectivity index (χ2v) is 7.46. The van der Waals surface area contributed by atoms with Gasteiger partial charge in [-0.25, -0.2) is 0 Å².